The predicted molar refractivity (Wildman–Crippen MR) is 244 cm³/mol. The van der Waals surface area contributed by atoms with Gasteiger partial charge in [-0.2, -0.15) is 0 Å². The summed E-state index contributed by atoms with van der Waals surface area (Å²) in [5.41, 5.74) is 13.7. The van der Waals surface area contributed by atoms with E-state index in [1.165, 1.54) is 27.2 Å². The molecule has 0 fully saturated rings. The summed E-state index contributed by atoms with van der Waals surface area (Å²) >= 11 is 0. The van der Waals surface area contributed by atoms with E-state index in [2.05, 4.69) is 202 Å². The van der Waals surface area contributed by atoms with E-state index in [9.17, 15) is 0 Å². The Hall–Kier alpha value is -8.02. The van der Waals surface area contributed by atoms with Crippen LogP contribution in [0.5, 0.6) is 0 Å². The average molecular weight is 754 g/mol. The first kappa shape index (κ1) is 31.1. The average Bonchev–Trinajstić information content (AvgIpc) is 4.09. The Balaban J connectivity index is 1.01. The molecule has 5 nitrogen and oxygen atoms in total. The van der Waals surface area contributed by atoms with Crippen LogP contribution in [0, 0.1) is 0 Å². The van der Waals surface area contributed by atoms with Crippen molar-refractivity contribution in [2.45, 2.75) is 0 Å². The van der Waals surface area contributed by atoms with Crippen LogP contribution in [0.2, 0.25) is 0 Å². The lowest BCUT2D eigenvalue weighted by atomic mass is 10.1. The van der Waals surface area contributed by atoms with Gasteiger partial charge in [0.05, 0.1) is 43.9 Å². The largest absolute Gasteiger partial charge is 0.456 e. The molecule has 0 spiro atoms. The van der Waals surface area contributed by atoms with Crippen molar-refractivity contribution in [3.63, 3.8) is 0 Å². The molecule has 9 aromatic carbocycles. The van der Waals surface area contributed by atoms with Crippen LogP contribution in [0.1, 0.15) is 0 Å². The maximum Gasteiger partial charge on any atom is 0.145 e. The van der Waals surface area contributed by atoms with Crippen LogP contribution < -0.4 is 0 Å². The molecule has 0 aliphatic rings. The highest BCUT2D eigenvalue weighted by Gasteiger charge is 2.23. The lowest BCUT2D eigenvalue weighted by Crippen LogP contribution is -1.94. The highest BCUT2D eigenvalue weighted by atomic mass is 16.3. The van der Waals surface area contributed by atoms with Gasteiger partial charge >= 0.3 is 0 Å². The first-order valence-electron chi connectivity index (χ1n) is 20.1. The lowest BCUT2D eigenvalue weighted by molar-refractivity contribution is 0.669. The first-order valence-corrected chi connectivity index (χ1v) is 20.1. The number of benzene rings is 9. The van der Waals surface area contributed by atoms with Crippen LogP contribution >= 0.6 is 0 Å². The minimum atomic E-state index is 0.863. The van der Waals surface area contributed by atoms with Gasteiger partial charge in [0.15, 0.2) is 0 Å². The third-order valence-electron chi connectivity index (χ3n) is 12.6. The first-order chi connectivity index (χ1) is 29.3. The minimum absolute atomic E-state index is 0.863. The molecule has 0 amide bonds. The third kappa shape index (κ3) is 4.08. The lowest BCUT2D eigenvalue weighted by Gasteiger charge is -2.09. The standard InChI is InChI=1S/C54H31N3O2/c1-2-12-32(13-3-1)55-45-20-10-6-16-39(45)51-47(55)26-24-37-38-25-27-48-52(54(38)59-53(37)51)40-17-7-11-21-46(40)57(48)34-23-29-50-42(31-34)41-30-33(22-28-49(41)58-50)56-43-18-8-4-14-35(43)36-15-5-9-19-44(36)56/h1-31H. The van der Waals surface area contributed by atoms with Gasteiger partial charge in [0.2, 0.25) is 0 Å². The zero-order valence-corrected chi connectivity index (χ0v) is 31.6. The summed E-state index contributed by atoms with van der Waals surface area (Å²) in [5.74, 6) is 0. The topological polar surface area (TPSA) is 41.1 Å². The Morgan fingerprint density at radius 1 is 0.254 bits per heavy atom. The molecule has 274 valence electrons. The van der Waals surface area contributed by atoms with Crippen LogP contribution in [0.25, 0.3) is 126 Å². The second kappa shape index (κ2) is 11.3. The number of furan rings is 2. The number of nitrogens with zero attached hydrogens (tertiary/aromatic N) is 3. The summed E-state index contributed by atoms with van der Waals surface area (Å²) in [5, 5.41) is 11.5. The van der Waals surface area contributed by atoms with E-state index in [0.717, 1.165) is 99.2 Å². The molecule has 0 saturated heterocycles. The molecule has 0 radical (unpaired) electrons. The maximum atomic E-state index is 7.17. The molecule has 5 aromatic heterocycles. The molecule has 5 heterocycles. The number of fused-ring (bicyclic) bond motifs is 17. The summed E-state index contributed by atoms with van der Waals surface area (Å²) in [6.45, 7) is 0. The van der Waals surface area contributed by atoms with E-state index in [1.807, 2.05) is 0 Å². The molecule has 14 aromatic rings. The summed E-state index contributed by atoms with van der Waals surface area (Å²) in [6, 6.07) is 67.4. The summed E-state index contributed by atoms with van der Waals surface area (Å²) < 4.78 is 20.8. The molecule has 0 bridgehead atoms. The van der Waals surface area contributed by atoms with Crippen LogP contribution in [0.15, 0.2) is 197 Å². The fourth-order valence-corrected chi connectivity index (χ4v) is 10.2. The van der Waals surface area contributed by atoms with E-state index in [0.29, 0.717) is 0 Å². The van der Waals surface area contributed by atoms with Gasteiger partial charge in [0, 0.05) is 60.2 Å². The molecular weight excluding hydrogens is 723 g/mol. The van der Waals surface area contributed by atoms with Crippen molar-refractivity contribution in [1.29, 1.82) is 0 Å². The molecule has 0 aliphatic carbocycles. The Labute approximate surface area is 335 Å². The fourth-order valence-electron chi connectivity index (χ4n) is 10.2. The van der Waals surface area contributed by atoms with Gasteiger partial charge in [-0.05, 0) is 97.1 Å². The Bertz CT molecular complexity index is 4020. The van der Waals surface area contributed by atoms with Gasteiger partial charge in [0.25, 0.3) is 0 Å². The minimum Gasteiger partial charge on any atom is -0.456 e. The van der Waals surface area contributed by atoms with Gasteiger partial charge in [-0.15, -0.1) is 0 Å². The Morgan fingerprint density at radius 2 is 0.661 bits per heavy atom. The zero-order chi connectivity index (χ0) is 38.3. The van der Waals surface area contributed by atoms with Crippen molar-refractivity contribution in [3.8, 4) is 17.1 Å². The van der Waals surface area contributed by atoms with Gasteiger partial charge < -0.3 is 22.5 Å². The Morgan fingerprint density at radius 3 is 1.17 bits per heavy atom. The molecule has 14 rings (SSSR count). The molecule has 0 atom stereocenters. The van der Waals surface area contributed by atoms with E-state index < -0.39 is 0 Å². The van der Waals surface area contributed by atoms with Gasteiger partial charge in [-0.1, -0.05) is 91.0 Å². The predicted octanol–water partition coefficient (Wildman–Crippen LogP) is 14.8. The van der Waals surface area contributed by atoms with Crippen molar-refractivity contribution < 1.29 is 8.83 Å². The number of rotatable bonds is 3. The van der Waals surface area contributed by atoms with E-state index in [-0.39, 0.29) is 0 Å². The fraction of sp³-hybridized carbons (Fsp3) is 0. The quantitative estimate of drug-likeness (QED) is 0.180. The number of aromatic nitrogens is 3. The molecule has 0 unspecified atom stereocenters. The number of hydrogen-bond donors (Lipinski definition) is 0. The van der Waals surface area contributed by atoms with E-state index >= 15 is 0 Å². The van der Waals surface area contributed by atoms with Gasteiger partial charge in [-0.25, -0.2) is 0 Å². The summed E-state index contributed by atoms with van der Waals surface area (Å²) in [7, 11) is 0. The normalized spacial score (nSPS) is 12.4. The molecule has 0 aliphatic heterocycles. The highest BCUT2D eigenvalue weighted by molar-refractivity contribution is 6.29. The molecule has 5 heteroatoms. The Kier molecular flexibility index (Phi) is 5.96. The second-order valence-corrected chi connectivity index (χ2v) is 15.6. The van der Waals surface area contributed by atoms with Crippen molar-refractivity contribution >= 4 is 109 Å². The van der Waals surface area contributed by atoms with Crippen molar-refractivity contribution in [3.05, 3.63) is 188 Å². The van der Waals surface area contributed by atoms with Crippen LogP contribution in [-0.2, 0) is 0 Å². The number of para-hydroxylation sites is 5. The molecule has 0 N–H and O–H groups in total. The van der Waals surface area contributed by atoms with Crippen LogP contribution in [-0.4, -0.2) is 13.7 Å². The summed E-state index contributed by atoms with van der Waals surface area (Å²) in [6.07, 6.45) is 0. The van der Waals surface area contributed by atoms with Gasteiger partial charge in [-0.3, -0.25) is 0 Å². The summed E-state index contributed by atoms with van der Waals surface area (Å²) in [4.78, 5) is 0. The van der Waals surface area contributed by atoms with Gasteiger partial charge in [0.1, 0.15) is 22.3 Å². The van der Waals surface area contributed by atoms with Crippen LogP contribution in [0.3, 0.4) is 0 Å². The molecule has 59 heavy (non-hydrogen) atoms. The second-order valence-electron chi connectivity index (χ2n) is 15.6. The van der Waals surface area contributed by atoms with E-state index in [4.69, 9.17) is 8.83 Å². The number of hydrogen-bond acceptors (Lipinski definition) is 2. The smallest absolute Gasteiger partial charge is 0.145 e. The van der Waals surface area contributed by atoms with E-state index in [1.54, 1.807) is 0 Å². The molecule has 0 saturated carbocycles. The van der Waals surface area contributed by atoms with Crippen molar-refractivity contribution in [2.24, 2.45) is 0 Å². The van der Waals surface area contributed by atoms with Crippen LogP contribution in [0.4, 0.5) is 0 Å². The van der Waals surface area contributed by atoms with Crippen molar-refractivity contribution in [2.75, 3.05) is 0 Å². The SMILES string of the molecule is c1ccc(-n2c3ccccc3c3c4oc5c(ccc6c5c5ccccc5n6-c5ccc6oc7ccc(-n8c9ccccc9c9ccccc98)cc7c6c5)c4ccc32)cc1. The zero-order valence-electron chi connectivity index (χ0n) is 31.6. The highest BCUT2D eigenvalue weighted by Crippen LogP contribution is 2.45. The third-order valence-corrected chi connectivity index (χ3v) is 12.6. The molecular formula is C54H31N3O2. The van der Waals surface area contributed by atoms with Crippen molar-refractivity contribution in [1.82, 2.24) is 13.7 Å². The monoisotopic (exact) mass is 753 g/mol. The maximum absolute atomic E-state index is 7.17.